The highest BCUT2D eigenvalue weighted by molar-refractivity contribution is 5.89. The van der Waals surface area contributed by atoms with Gasteiger partial charge in [-0.25, -0.2) is 4.79 Å². The molecule has 1 spiro atoms. The van der Waals surface area contributed by atoms with Crippen molar-refractivity contribution < 1.29 is 38.7 Å². The molecule has 0 aromatic carbocycles. The number of allylic oxidation sites excluding steroid dienone is 3. The number of ketones is 1. The van der Waals surface area contributed by atoms with Crippen LogP contribution in [0.25, 0.3) is 0 Å². The van der Waals surface area contributed by atoms with E-state index in [0.29, 0.717) is 39.1 Å². The van der Waals surface area contributed by atoms with E-state index in [1.807, 2.05) is 26.0 Å². The van der Waals surface area contributed by atoms with Gasteiger partial charge in [0.2, 0.25) is 0 Å². The first-order chi connectivity index (χ1) is 19.1. The quantitative estimate of drug-likeness (QED) is 0.175. The minimum Gasteiger partial charge on any atom is -0.513 e. The van der Waals surface area contributed by atoms with Gasteiger partial charge in [-0.1, -0.05) is 30.4 Å². The van der Waals surface area contributed by atoms with E-state index in [4.69, 9.17) is 18.9 Å². The number of hydrogen-bond acceptors (Lipinski definition) is 8. The van der Waals surface area contributed by atoms with Crippen LogP contribution in [0.4, 0.5) is 4.79 Å². The van der Waals surface area contributed by atoms with Crippen molar-refractivity contribution in [2.24, 2.45) is 11.8 Å². The number of carbonyl (C=O) groups is 2. The second kappa shape index (κ2) is 13.5. The van der Waals surface area contributed by atoms with E-state index >= 15 is 0 Å². The molecule has 0 aromatic heterocycles. The van der Waals surface area contributed by atoms with Crippen molar-refractivity contribution >= 4 is 11.9 Å². The summed E-state index contributed by atoms with van der Waals surface area (Å²) in [7, 11) is 0. The van der Waals surface area contributed by atoms with E-state index in [9.17, 15) is 19.8 Å². The smallest absolute Gasteiger partial charge is 0.410 e. The molecule has 2 N–H and O–H groups in total. The summed E-state index contributed by atoms with van der Waals surface area (Å²) in [5.74, 6) is 0.115. The molecule has 4 rings (SSSR count). The lowest BCUT2D eigenvalue weighted by atomic mass is 9.87. The molecule has 222 valence electrons. The van der Waals surface area contributed by atoms with Crippen molar-refractivity contribution in [3.63, 3.8) is 0 Å². The monoisotopic (exact) mass is 559 g/mol. The highest BCUT2D eigenvalue weighted by Crippen LogP contribution is 2.40. The molecule has 4 heterocycles. The van der Waals surface area contributed by atoms with E-state index < -0.39 is 23.9 Å². The number of likely N-dealkylation sites (tertiary alicyclic amines) is 1. The topological polar surface area (TPSA) is 118 Å². The molecule has 9 nitrogen and oxygen atoms in total. The average molecular weight is 560 g/mol. The Balaban J connectivity index is 1.15. The number of amides is 1. The minimum atomic E-state index is -0.628. The first kappa shape index (κ1) is 30.5. The van der Waals surface area contributed by atoms with Crippen molar-refractivity contribution in [1.29, 1.82) is 0 Å². The number of rotatable bonds is 10. The van der Waals surface area contributed by atoms with E-state index in [-0.39, 0.29) is 41.7 Å². The van der Waals surface area contributed by atoms with E-state index in [2.05, 4.69) is 12.7 Å². The van der Waals surface area contributed by atoms with Gasteiger partial charge in [-0.15, -0.1) is 0 Å². The van der Waals surface area contributed by atoms with Gasteiger partial charge in [0.25, 0.3) is 0 Å². The van der Waals surface area contributed by atoms with Gasteiger partial charge in [0.15, 0.2) is 5.78 Å². The largest absolute Gasteiger partial charge is 0.513 e. The SMILES string of the molecule is C=C(O)[C@H]1CCN(C(=O)O[C@@H](C)/C=C\C(=O)C[C@@H]2CC[C@H](C/C=C(C)/C=C/C3OCC[C@@]4(CO4)[C@@H]3O)O[C@@H]2C)C1. The fraction of sp³-hybridized carbons (Fsp3) is 0.677. The number of epoxide rings is 1. The molecule has 0 saturated carbocycles. The highest BCUT2D eigenvalue weighted by Gasteiger charge is 2.55. The normalized spacial score (nSPS) is 35.4. The van der Waals surface area contributed by atoms with Crippen molar-refractivity contribution in [1.82, 2.24) is 4.90 Å². The van der Waals surface area contributed by atoms with Gasteiger partial charge in [0.05, 0.1) is 31.2 Å². The van der Waals surface area contributed by atoms with Crippen LogP contribution in [0.3, 0.4) is 0 Å². The zero-order chi connectivity index (χ0) is 28.9. The number of ether oxygens (including phenoxy) is 4. The summed E-state index contributed by atoms with van der Waals surface area (Å²) in [5, 5.41) is 20.0. The Hall–Kier alpha value is -2.46. The number of aliphatic hydroxyl groups excluding tert-OH is 2. The van der Waals surface area contributed by atoms with Crippen LogP contribution in [-0.2, 0) is 23.7 Å². The lowest BCUT2D eigenvalue weighted by Crippen LogP contribution is -2.46. The standard InChI is InChI=1S/C31H45NO8/c1-20(6-12-28-29(35)31(19-38-31)14-16-37-28)5-10-27-11-8-24(23(4)40-27)17-26(34)9-7-21(2)39-30(36)32-15-13-25(18-32)22(3)33/h5-7,9,12,21,23-25,27-29,33,35H,3,8,10-11,13-19H2,1-2,4H3/b9-7-,12-6+,20-5+/t21-,23+,24-,25-,27-,28?,29+,31+/m0/s1. The Bertz CT molecular complexity index is 1010. The lowest BCUT2D eigenvalue weighted by Gasteiger charge is -2.34. The number of aliphatic hydroxyl groups is 2. The zero-order valence-electron chi connectivity index (χ0n) is 24.0. The highest BCUT2D eigenvalue weighted by atomic mass is 16.6. The van der Waals surface area contributed by atoms with Gasteiger partial charge in [0.1, 0.15) is 23.9 Å². The van der Waals surface area contributed by atoms with Crippen LogP contribution in [0.2, 0.25) is 0 Å². The molecule has 4 aliphatic heterocycles. The van der Waals surface area contributed by atoms with Crippen LogP contribution in [0.15, 0.2) is 48.3 Å². The molecule has 1 amide bonds. The van der Waals surface area contributed by atoms with Crippen LogP contribution >= 0.6 is 0 Å². The first-order valence-electron chi connectivity index (χ1n) is 14.5. The third-order valence-electron chi connectivity index (χ3n) is 8.60. The fourth-order valence-electron chi connectivity index (χ4n) is 5.71. The molecule has 4 saturated heterocycles. The zero-order valence-corrected chi connectivity index (χ0v) is 24.0. The molecule has 0 aliphatic carbocycles. The van der Waals surface area contributed by atoms with Gasteiger partial charge >= 0.3 is 6.09 Å². The van der Waals surface area contributed by atoms with E-state index in [1.54, 1.807) is 17.9 Å². The fourth-order valence-corrected chi connectivity index (χ4v) is 5.71. The Kier molecular flexibility index (Phi) is 10.3. The summed E-state index contributed by atoms with van der Waals surface area (Å²) in [5.41, 5.74) is 0.690. The number of carbonyl (C=O) groups excluding carboxylic acids is 2. The maximum absolute atomic E-state index is 12.6. The predicted molar refractivity (Wildman–Crippen MR) is 150 cm³/mol. The lowest BCUT2D eigenvalue weighted by molar-refractivity contribution is -0.120. The number of nitrogens with zero attached hydrogens (tertiary/aromatic N) is 1. The molecule has 40 heavy (non-hydrogen) atoms. The summed E-state index contributed by atoms with van der Waals surface area (Å²) < 4.78 is 22.8. The third-order valence-corrected chi connectivity index (χ3v) is 8.60. The summed E-state index contributed by atoms with van der Waals surface area (Å²) in [6.07, 6.45) is 11.7. The van der Waals surface area contributed by atoms with Gasteiger partial charge in [0, 0.05) is 31.8 Å². The summed E-state index contributed by atoms with van der Waals surface area (Å²) in [6.45, 7) is 11.4. The molecule has 8 atom stereocenters. The van der Waals surface area contributed by atoms with Crippen LogP contribution < -0.4 is 0 Å². The third kappa shape index (κ3) is 8.06. The summed E-state index contributed by atoms with van der Waals surface area (Å²) in [4.78, 5) is 26.5. The first-order valence-corrected chi connectivity index (χ1v) is 14.5. The van der Waals surface area contributed by atoms with Crippen molar-refractivity contribution in [3.05, 3.63) is 48.3 Å². The van der Waals surface area contributed by atoms with Gasteiger partial charge < -0.3 is 34.1 Å². The molecule has 4 fully saturated rings. The van der Waals surface area contributed by atoms with E-state index in [1.165, 1.54) is 6.08 Å². The Morgan fingerprint density at radius 2 is 2.02 bits per heavy atom. The minimum absolute atomic E-state index is 0.00834. The van der Waals surface area contributed by atoms with Gasteiger partial charge in [-0.2, -0.15) is 0 Å². The second-order valence-corrected chi connectivity index (χ2v) is 11.8. The Morgan fingerprint density at radius 1 is 1.25 bits per heavy atom. The average Bonchev–Trinajstić information content (AvgIpc) is 3.50. The molecule has 1 unspecified atom stereocenters. The molecular weight excluding hydrogens is 514 g/mol. The van der Waals surface area contributed by atoms with Crippen LogP contribution in [-0.4, -0.2) is 89.4 Å². The van der Waals surface area contributed by atoms with Gasteiger partial charge in [-0.05, 0) is 64.5 Å². The van der Waals surface area contributed by atoms with Crippen LogP contribution in [0, 0.1) is 11.8 Å². The molecule has 9 heteroatoms. The molecule has 0 radical (unpaired) electrons. The van der Waals surface area contributed by atoms with Crippen molar-refractivity contribution in [2.75, 3.05) is 26.3 Å². The summed E-state index contributed by atoms with van der Waals surface area (Å²) in [6, 6.07) is 0. The molecular formula is C31H45NO8. The maximum Gasteiger partial charge on any atom is 0.410 e. The Labute approximate surface area is 237 Å². The number of hydrogen-bond donors (Lipinski definition) is 2. The van der Waals surface area contributed by atoms with Crippen molar-refractivity contribution in [3.8, 4) is 0 Å². The van der Waals surface area contributed by atoms with Crippen LogP contribution in [0.1, 0.15) is 59.3 Å². The van der Waals surface area contributed by atoms with Gasteiger partial charge in [-0.3, -0.25) is 4.79 Å². The predicted octanol–water partition coefficient (Wildman–Crippen LogP) is 4.42. The van der Waals surface area contributed by atoms with Crippen molar-refractivity contribution in [2.45, 2.75) is 95.4 Å². The molecule has 4 aliphatic rings. The molecule has 0 bridgehead atoms. The summed E-state index contributed by atoms with van der Waals surface area (Å²) >= 11 is 0. The van der Waals surface area contributed by atoms with Crippen LogP contribution in [0.5, 0.6) is 0 Å². The van der Waals surface area contributed by atoms with E-state index in [0.717, 1.165) is 31.3 Å². The molecule has 0 aromatic rings. The maximum atomic E-state index is 12.6. The second-order valence-electron chi connectivity index (χ2n) is 11.8. The Morgan fingerprint density at radius 3 is 2.70 bits per heavy atom.